The molecular formula is C17H21N2O2+. The van der Waals surface area contributed by atoms with Crippen molar-refractivity contribution in [3.63, 3.8) is 0 Å². The van der Waals surface area contributed by atoms with Crippen molar-refractivity contribution in [3.05, 3.63) is 47.6 Å². The third-order valence-electron chi connectivity index (χ3n) is 3.96. The van der Waals surface area contributed by atoms with E-state index in [1.807, 2.05) is 17.0 Å². The Morgan fingerprint density at radius 3 is 2.33 bits per heavy atom. The number of hydrogen-bond donors (Lipinski definition) is 2. The zero-order valence-electron chi connectivity index (χ0n) is 12.0. The number of aliphatic hydroxyl groups excluding tert-OH is 2. The van der Waals surface area contributed by atoms with Crippen LogP contribution in [0.4, 0.5) is 5.69 Å². The lowest BCUT2D eigenvalue weighted by molar-refractivity contribution is -0.343. The Morgan fingerprint density at radius 1 is 1.10 bits per heavy atom. The van der Waals surface area contributed by atoms with Crippen LogP contribution in [0, 0.1) is 0 Å². The quantitative estimate of drug-likeness (QED) is 0.578. The zero-order chi connectivity index (χ0) is 14.7. The van der Waals surface area contributed by atoms with Gasteiger partial charge >= 0.3 is 0 Å². The van der Waals surface area contributed by atoms with Crippen LogP contribution in [0.3, 0.4) is 0 Å². The molecule has 2 aliphatic rings. The Hall–Kier alpha value is -1.91. The summed E-state index contributed by atoms with van der Waals surface area (Å²) in [6, 6.07) is 8.81. The Bertz CT molecular complexity index is 581. The first-order chi connectivity index (χ1) is 10.3. The van der Waals surface area contributed by atoms with Gasteiger partial charge < -0.3 is 15.1 Å². The van der Waals surface area contributed by atoms with Crippen LogP contribution < -0.4 is 4.90 Å². The van der Waals surface area contributed by atoms with Crippen molar-refractivity contribution in [3.8, 4) is 0 Å². The lowest BCUT2D eigenvalue weighted by Gasteiger charge is -2.22. The second-order valence-electron chi connectivity index (χ2n) is 5.39. The number of rotatable bonds is 7. The van der Waals surface area contributed by atoms with Crippen LogP contribution in [0.5, 0.6) is 0 Å². The van der Waals surface area contributed by atoms with E-state index in [1.165, 1.54) is 5.57 Å². The van der Waals surface area contributed by atoms with Gasteiger partial charge in [0.1, 0.15) is 0 Å². The van der Waals surface area contributed by atoms with Gasteiger partial charge in [-0.2, -0.15) is 0 Å². The lowest BCUT2D eigenvalue weighted by Crippen LogP contribution is -2.29. The number of allylic oxidation sites excluding steroid dienone is 1. The summed E-state index contributed by atoms with van der Waals surface area (Å²) < 4.78 is 2.31. The summed E-state index contributed by atoms with van der Waals surface area (Å²) in [6.07, 6.45) is 8.63. The van der Waals surface area contributed by atoms with Gasteiger partial charge in [-0.15, -0.1) is 0 Å². The maximum absolute atomic E-state index is 9.07. The van der Waals surface area contributed by atoms with Crippen molar-refractivity contribution in [1.29, 1.82) is 0 Å². The van der Waals surface area contributed by atoms with E-state index in [9.17, 15) is 0 Å². The highest BCUT2D eigenvalue weighted by atomic mass is 16.3. The van der Waals surface area contributed by atoms with Gasteiger partial charge in [0.05, 0.1) is 13.2 Å². The number of benzene rings is 1. The predicted octanol–water partition coefficient (Wildman–Crippen LogP) is 0.896. The summed E-state index contributed by atoms with van der Waals surface area (Å²) >= 11 is 0. The number of fused-ring (bicyclic) bond motifs is 1. The molecule has 0 aromatic heterocycles. The van der Waals surface area contributed by atoms with E-state index < -0.39 is 0 Å². The monoisotopic (exact) mass is 285 g/mol. The van der Waals surface area contributed by atoms with Crippen molar-refractivity contribution < 1.29 is 14.8 Å². The molecule has 1 unspecified atom stereocenters. The third-order valence-corrected chi connectivity index (χ3v) is 3.96. The topological polar surface area (TPSA) is 46.7 Å². The minimum absolute atomic E-state index is 0.0875. The van der Waals surface area contributed by atoms with Crippen LogP contribution in [-0.4, -0.2) is 59.9 Å². The fourth-order valence-electron chi connectivity index (χ4n) is 2.67. The molecule has 0 bridgehead atoms. The summed E-state index contributed by atoms with van der Waals surface area (Å²) in [5.41, 5.74) is 3.56. The van der Waals surface area contributed by atoms with E-state index in [0.29, 0.717) is 19.1 Å². The molecule has 1 fully saturated rings. The molecule has 0 radical (unpaired) electrons. The first-order valence-electron chi connectivity index (χ1n) is 7.37. The Balaban J connectivity index is 1.64. The predicted molar refractivity (Wildman–Crippen MR) is 84.9 cm³/mol. The number of nitrogens with zero attached hydrogens (tertiary/aromatic N) is 2. The molecule has 1 aromatic carbocycles. The van der Waals surface area contributed by atoms with Crippen molar-refractivity contribution in [2.24, 2.45) is 0 Å². The van der Waals surface area contributed by atoms with Gasteiger partial charge in [-0.05, 0) is 17.7 Å². The molecule has 0 aliphatic carbocycles. The molecule has 4 heteroatoms. The minimum atomic E-state index is 0.0875. The first-order valence-corrected chi connectivity index (χ1v) is 7.37. The van der Waals surface area contributed by atoms with E-state index in [2.05, 4.69) is 41.2 Å². The second kappa shape index (κ2) is 6.24. The van der Waals surface area contributed by atoms with Crippen molar-refractivity contribution in [1.82, 2.24) is 0 Å². The van der Waals surface area contributed by atoms with Gasteiger partial charge in [-0.3, -0.25) is 0 Å². The third kappa shape index (κ3) is 3.23. The first kappa shape index (κ1) is 14.0. The summed E-state index contributed by atoms with van der Waals surface area (Å²) in [7, 11) is 0. The number of aliphatic hydroxyl groups is 2. The van der Waals surface area contributed by atoms with E-state index in [1.54, 1.807) is 0 Å². The Morgan fingerprint density at radius 2 is 1.81 bits per heavy atom. The second-order valence-corrected chi connectivity index (χ2v) is 5.39. The standard InChI is InChI=1S/C17H21N2O2/c20-11-9-18(10-12-21)16-5-2-14(3-6-16)1-4-15-7-8-19-13-17(15)19/h1-8,17,20-21H,9-13H2/q+1. The molecule has 0 spiro atoms. The lowest BCUT2D eigenvalue weighted by atomic mass is 10.1. The minimum Gasteiger partial charge on any atom is -0.395 e. The number of anilines is 1. The van der Waals surface area contributed by atoms with Crippen molar-refractivity contribution in [2.75, 3.05) is 37.7 Å². The fraction of sp³-hybridized carbons (Fsp3) is 0.353. The van der Waals surface area contributed by atoms with Crippen molar-refractivity contribution >= 4 is 18.0 Å². The smallest absolute Gasteiger partial charge is 0.236 e. The molecule has 2 aliphatic heterocycles. The van der Waals surface area contributed by atoms with Gasteiger partial charge in [-0.1, -0.05) is 24.3 Å². The number of hydrogen-bond acceptors (Lipinski definition) is 3. The largest absolute Gasteiger partial charge is 0.395 e. The molecule has 1 aromatic rings. The molecular weight excluding hydrogens is 264 g/mol. The average Bonchev–Trinajstić information content (AvgIpc) is 3.19. The van der Waals surface area contributed by atoms with Gasteiger partial charge in [0.15, 0.2) is 6.21 Å². The van der Waals surface area contributed by atoms with Crippen LogP contribution in [0.1, 0.15) is 5.56 Å². The highest BCUT2D eigenvalue weighted by molar-refractivity contribution is 5.74. The van der Waals surface area contributed by atoms with Crippen molar-refractivity contribution in [2.45, 2.75) is 6.04 Å². The van der Waals surface area contributed by atoms with Crippen LogP contribution in [-0.2, 0) is 0 Å². The molecule has 4 nitrogen and oxygen atoms in total. The summed E-state index contributed by atoms with van der Waals surface area (Å²) in [6.45, 7) is 2.41. The maximum Gasteiger partial charge on any atom is 0.236 e. The van der Waals surface area contributed by atoms with Crippen LogP contribution >= 0.6 is 0 Å². The highest BCUT2D eigenvalue weighted by Crippen LogP contribution is 2.25. The molecule has 0 amide bonds. The summed E-state index contributed by atoms with van der Waals surface area (Å²) in [5.74, 6) is 0. The molecule has 1 atom stereocenters. The maximum atomic E-state index is 9.07. The van der Waals surface area contributed by atoms with Crippen LogP contribution in [0.2, 0.25) is 0 Å². The van der Waals surface area contributed by atoms with Gasteiger partial charge in [0.2, 0.25) is 12.6 Å². The molecule has 1 saturated heterocycles. The SMILES string of the molecule is OCCN(CCO)c1ccc(/C=C/C2=CC=[N+]3CC23)cc1. The highest BCUT2D eigenvalue weighted by Gasteiger charge is 2.45. The van der Waals surface area contributed by atoms with Crippen LogP contribution in [0.15, 0.2) is 42.0 Å². The Labute approximate surface area is 125 Å². The summed E-state index contributed by atoms with van der Waals surface area (Å²) in [5, 5.41) is 18.1. The fourth-order valence-corrected chi connectivity index (χ4v) is 2.67. The molecule has 110 valence electrons. The normalized spacial score (nSPS) is 19.4. The van der Waals surface area contributed by atoms with Gasteiger partial charge in [0, 0.05) is 30.4 Å². The molecule has 2 heterocycles. The molecule has 3 rings (SSSR count). The molecule has 2 N–H and O–H groups in total. The van der Waals surface area contributed by atoms with E-state index in [-0.39, 0.29) is 13.2 Å². The van der Waals surface area contributed by atoms with Crippen LogP contribution in [0.25, 0.3) is 6.08 Å². The van der Waals surface area contributed by atoms with E-state index in [0.717, 1.165) is 17.8 Å². The van der Waals surface area contributed by atoms with Gasteiger partial charge in [0.25, 0.3) is 0 Å². The molecule has 0 saturated carbocycles. The zero-order valence-corrected chi connectivity index (χ0v) is 12.0. The van der Waals surface area contributed by atoms with E-state index >= 15 is 0 Å². The Kier molecular flexibility index (Phi) is 4.18. The summed E-state index contributed by atoms with van der Waals surface area (Å²) in [4.78, 5) is 1.98. The van der Waals surface area contributed by atoms with Gasteiger partial charge in [-0.25, -0.2) is 4.58 Å². The van der Waals surface area contributed by atoms with E-state index in [4.69, 9.17) is 10.2 Å². The average molecular weight is 285 g/mol. The molecule has 21 heavy (non-hydrogen) atoms.